The summed E-state index contributed by atoms with van der Waals surface area (Å²) in [7, 11) is 0. The zero-order valence-corrected chi connectivity index (χ0v) is 32.8. The van der Waals surface area contributed by atoms with Crippen molar-refractivity contribution >= 4 is 34.9 Å². The van der Waals surface area contributed by atoms with Crippen molar-refractivity contribution in [3.63, 3.8) is 0 Å². The number of hydrogen-bond acceptors (Lipinski definition) is 4. The van der Waals surface area contributed by atoms with E-state index in [1.165, 1.54) is 0 Å². The van der Waals surface area contributed by atoms with Crippen molar-refractivity contribution in [2.24, 2.45) is 0 Å². The van der Waals surface area contributed by atoms with Gasteiger partial charge in [-0.3, -0.25) is 4.90 Å². The Labute approximate surface area is 326 Å². The number of aryl methyl sites for hydroxylation is 3. The van der Waals surface area contributed by atoms with Gasteiger partial charge in [0.15, 0.2) is 0 Å². The first-order valence-electron chi connectivity index (χ1n) is 18.9. The van der Waals surface area contributed by atoms with Gasteiger partial charge >= 0.3 is 0 Å². The van der Waals surface area contributed by atoms with Crippen molar-refractivity contribution in [2.75, 3.05) is 0 Å². The smallest absolute Gasteiger partial charge is 0.125 e. The van der Waals surface area contributed by atoms with Crippen LogP contribution in [-0.2, 0) is 19.6 Å². The number of phenols is 3. The molecule has 4 nitrogen and oxygen atoms in total. The minimum Gasteiger partial charge on any atom is -0.507 e. The molecule has 0 radical (unpaired) electrons. The average molecular weight is 726 g/mol. The summed E-state index contributed by atoms with van der Waals surface area (Å²) in [5.74, 6) is 0.845. The summed E-state index contributed by atoms with van der Waals surface area (Å²) in [5, 5.41) is 33.6. The predicted molar refractivity (Wildman–Crippen MR) is 231 cm³/mol. The fourth-order valence-electron chi connectivity index (χ4n) is 7.25. The van der Waals surface area contributed by atoms with E-state index in [-0.39, 0.29) is 17.2 Å². The van der Waals surface area contributed by atoms with Crippen LogP contribution in [0.5, 0.6) is 17.2 Å². The lowest BCUT2D eigenvalue weighted by Crippen LogP contribution is -2.23. The third-order valence-electron chi connectivity index (χ3n) is 10.2. The Morgan fingerprint density at radius 1 is 0.418 bits per heavy atom. The summed E-state index contributed by atoms with van der Waals surface area (Å²) in [6.45, 7) is 13.9. The molecule has 0 atom stereocenters. The van der Waals surface area contributed by atoms with Crippen LogP contribution in [0.25, 0.3) is 34.9 Å². The SMILES string of the molecule is CC(=Cc1cc(CN(Cc2cc(C)c(O)c(C=C(C)c3ccccc3)c2)Cc2cc(C)c(O)c(C=C(C)c3ccccc3)c2)cc(C)c1O)c1ccccc1. The molecule has 0 aliphatic rings. The summed E-state index contributed by atoms with van der Waals surface area (Å²) in [4.78, 5) is 2.39. The number of nitrogens with zero attached hydrogens (tertiary/aromatic N) is 1. The molecule has 0 unspecified atom stereocenters. The first-order chi connectivity index (χ1) is 26.4. The van der Waals surface area contributed by atoms with E-state index in [1.807, 2.05) is 75.4 Å². The molecule has 0 heterocycles. The number of hydrogen-bond donors (Lipinski definition) is 3. The standard InChI is InChI=1S/C51H51NO3/c1-34(43-16-10-7-11-17-43)25-46-28-40(22-37(4)49(46)53)31-52(32-41-23-38(5)50(54)47(29-41)26-35(2)44-18-12-8-13-19-44)33-42-24-39(6)51(55)48(30-42)27-36(3)45-20-14-9-15-21-45/h7-30,53-55H,31-33H2,1-6H3. The van der Waals surface area contributed by atoms with E-state index in [4.69, 9.17) is 0 Å². The molecule has 4 heteroatoms. The zero-order valence-electron chi connectivity index (χ0n) is 32.8. The van der Waals surface area contributed by atoms with E-state index in [9.17, 15) is 15.3 Å². The van der Waals surface area contributed by atoms with Crippen molar-refractivity contribution in [2.45, 2.75) is 61.2 Å². The Balaban J connectivity index is 1.39. The zero-order chi connectivity index (χ0) is 39.1. The Morgan fingerprint density at radius 2 is 0.673 bits per heavy atom. The maximum atomic E-state index is 11.2. The minimum absolute atomic E-state index is 0.282. The lowest BCUT2D eigenvalue weighted by molar-refractivity contribution is 0.247. The van der Waals surface area contributed by atoms with Gasteiger partial charge in [-0.15, -0.1) is 0 Å². The van der Waals surface area contributed by atoms with Gasteiger partial charge in [-0.2, -0.15) is 0 Å². The summed E-state index contributed by atoms with van der Waals surface area (Å²) in [6.07, 6.45) is 6.17. The Hall–Kier alpha value is -6.10. The molecule has 0 spiro atoms. The lowest BCUT2D eigenvalue weighted by atomic mass is 9.98. The molecule has 3 N–H and O–H groups in total. The highest BCUT2D eigenvalue weighted by atomic mass is 16.3. The number of phenolic OH excluding ortho intramolecular Hbond substituents is 3. The van der Waals surface area contributed by atoms with E-state index in [2.05, 4.69) is 117 Å². The Bertz CT molecular complexity index is 2100. The van der Waals surface area contributed by atoms with Gasteiger partial charge in [0, 0.05) is 36.3 Å². The number of allylic oxidation sites excluding steroid dienone is 3. The molecule has 0 aromatic heterocycles. The summed E-state index contributed by atoms with van der Waals surface area (Å²) in [5.41, 5.74) is 14.6. The molecule has 0 saturated heterocycles. The summed E-state index contributed by atoms with van der Waals surface area (Å²) >= 11 is 0. The quantitative estimate of drug-likeness (QED) is 0.110. The molecule has 0 saturated carbocycles. The summed E-state index contributed by atoms with van der Waals surface area (Å²) in [6, 6.07) is 43.1. The molecule has 0 bridgehead atoms. The second-order valence-corrected chi connectivity index (χ2v) is 14.8. The van der Waals surface area contributed by atoms with Crippen LogP contribution in [0.2, 0.25) is 0 Å². The van der Waals surface area contributed by atoms with E-state index in [1.54, 1.807) is 0 Å². The number of aromatic hydroxyl groups is 3. The van der Waals surface area contributed by atoms with Crippen molar-refractivity contribution < 1.29 is 15.3 Å². The van der Waals surface area contributed by atoms with Crippen LogP contribution in [0.3, 0.4) is 0 Å². The lowest BCUT2D eigenvalue weighted by Gasteiger charge is -2.25. The van der Waals surface area contributed by atoms with Crippen LogP contribution in [0.15, 0.2) is 127 Å². The predicted octanol–water partition coefficient (Wildman–Crippen LogP) is 12.6. The normalized spacial score (nSPS) is 12.4. The van der Waals surface area contributed by atoms with Crippen molar-refractivity contribution in [3.8, 4) is 17.2 Å². The molecule has 6 rings (SSSR count). The summed E-state index contributed by atoms with van der Waals surface area (Å²) < 4.78 is 0. The number of benzene rings is 6. The molecule has 6 aromatic rings. The second-order valence-electron chi connectivity index (χ2n) is 14.8. The highest BCUT2D eigenvalue weighted by Gasteiger charge is 2.16. The monoisotopic (exact) mass is 725 g/mol. The molecule has 278 valence electrons. The average Bonchev–Trinajstić information content (AvgIpc) is 3.18. The third kappa shape index (κ3) is 9.72. The van der Waals surface area contributed by atoms with Crippen molar-refractivity contribution in [3.05, 3.63) is 194 Å². The van der Waals surface area contributed by atoms with Crippen LogP contribution in [0.4, 0.5) is 0 Å². The molecule has 0 fully saturated rings. The fourth-order valence-corrected chi connectivity index (χ4v) is 7.25. The maximum absolute atomic E-state index is 11.2. The van der Waals surface area contributed by atoms with Gasteiger partial charge in [0.05, 0.1) is 0 Å². The Kier molecular flexibility index (Phi) is 12.2. The molecular weight excluding hydrogens is 675 g/mol. The topological polar surface area (TPSA) is 63.9 Å². The van der Waals surface area contributed by atoms with Crippen LogP contribution in [-0.4, -0.2) is 20.2 Å². The van der Waals surface area contributed by atoms with E-state index >= 15 is 0 Å². The van der Waals surface area contributed by atoms with Gasteiger partial charge in [0.2, 0.25) is 0 Å². The fraction of sp³-hybridized carbons (Fsp3) is 0.176. The molecular formula is C51H51NO3. The number of rotatable bonds is 12. The van der Waals surface area contributed by atoms with Gasteiger partial charge in [-0.05, 0) is 145 Å². The largest absolute Gasteiger partial charge is 0.507 e. The highest BCUT2D eigenvalue weighted by Crippen LogP contribution is 2.33. The maximum Gasteiger partial charge on any atom is 0.125 e. The third-order valence-corrected chi connectivity index (χ3v) is 10.2. The van der Waals surface area contributed by atoms with Gasteiger partial charge in [0.25, 0.3) is 0 Å². The van der Waals surface area contributed by atoms with E-state index in [0.29, 0.717) is 19.6 Å². The van der Waals surface area contributed by atoms with Gasteiger partial charge in [-0.25, -0.2) is 0 Å². The van der Waals surface area contributed by atoms with Crippen LogP contribution in [0.1, 0.15) is 87.5 Å². The molecule has 0 aliphatic carbocycles. The minimum atomic E-state index is 0.282. The van der Waals surface area contributed by atoms with Crippen LogP contribution < -0.4 is 0 Å². The Morgan fingerprint density at radius 3 is 0.927 bits per heavy atom. The van der Waals surface area contributed by atoms with Gasteiger partial charge in [0.1, 0.15) is 17.2 Å². The first kappa shape index (κ1) is 38.6. The second kappa shape index (κ2) is 17.4. The van der Waals surface area contributed by atoms with Gasteiger partial charge in [-0.1, -0.05) is 109 Å². The molecule has 55 heavy (non-hydrogen) atoms. The van der Waals surface area contributed by atoms with Crippen LogP contribution >= 0.6 is 0 Å². The van der Waals surface area contributed by atoms with E-state index in [0.717, 1.165) is 83.5 Å². The van der Waals surface area contributed by atoms with Gasteiger partial charge < -0.3 is 15.3 Å². The molecule has 6 aromatic carbocycles. The van der Waals surface area contributed by atoms with Crippen LogP contribution in [0, 0.1) is 20.8 Å². The first-order valence-corrected chi connectivity index (χ1v) is 18.9. The van der Waals surface area contributed by atoms with Crippen molar-refractivity contribution in [1.82, 2.24) is 4.90 Å². The van der Waals surface area contributed by atoms with Crippen molar-refractivity contribution in [1.29, 1.82) is 0 Å². The highest BCUT2D eigenvalue weighted by molar-refractivity contribution is 5.84. The molecule has 0 amide bonds. The molecule has 0 aliphatic heterocycles. The van der Waals surface area contributed by atoms with E-state index < -0.39 is 0 Å².